The number of benzene rings is 1. The van der Waals surface area contributed by atoms with Crippen LogP contribution in [0, 0.1) is 22.2 Å². The van der Waals surface area contributed by atoms with Gasteiger partial charge in [-0.25, -0.2) is 19.6 Å². The Balaban J connectivity index is 1.36. The van der Waals surface area contributed by atoms with Gasteiger partial charge in [-0.2, -0.15) is 26.9 Å². The Morgan fingerprint density at radius 2 is 1.84 bits per heavy atom. The number of aromatic nitrogens is 5. The maximum absolute atomic E-state index is 13.8. The number of hydrogen-bond donors (Lipinski definition) is 2. The molecule has 3 aromatic heterocycles. The van der Waals surface area contributed by atoms with Gasteiger partial charge in [-0.1, -0.05) is 43.2 Å². The number of alkyl halides is 3. The molecule has 2 N–H and O–H groups in total. The van der Waals surface area contributed by atoms with Crippen molar-refractivity contribution in [2.24, 2.45) is 10.8 Å². The van der Waals surface area contributed by atoms with Gasteiger partial charge in [0.2, 0.25) is 5.88 Å². The van der Waals surface area contributed by atoms with Crippen LogP contribution in [0.2, 0.25) is 0 Å². The highest BCUT2D eigenvalue weighted by molar-refractivity contribution is 7.92. The number of fused-ring (bicyclic) bond motifs is 6. The van der Waals surface area contributed by atoms with E-state index in [0.29, 0.717) is 49.6 Å². The van der Waals surface area contributed by atoms with Crippen molar-refractivity contribution in [2.45, 2.75) is 63.6 Å². The topological polar surface area (TPSA) is 151 Å². The molecule has 6 rings (SSSR count). The van der Waals surface area contributed by atoms with Crippen LogP contribution >= 0.6 is 0 Å². The lowest BCUT2D eigenvalue weighted by molar-refractivity contribution is -0.219. The van der Waals surface area contributed by atoms with Gasteiger partial charge in [-0.05, 0) is 63.8 Å². The normalized spacial score (nSPS) is 19.7. The zero-order valence-electron chi connectivity index (χ0n) is 28.4. The fraction of sp³-hybridized carbons (Fsp3) is 0.457. The second kappa shape index (κ2) is 14.5. The number of nitriles is 1. The number of sulfonamides is 1. The number of aryl methyl sites for hydroxylation is 1. The van der Waals surface area contributed by atoms with Crippen molar-refractivity contribution in [3.8, 4) is 29.0 Å². The average Bonchev–Trinajstić information content (AvgIpc) is 3.78. The van der Waals surface area contributed by atoms with Gasteiger partial charge in [0.1, 0.15) is 18.1 Å². The molecular formula is C35H40F3N9O3S. The van der Waals surface area contributed by atoms with Crippen molar-refractivity contribution < 1.29 is 26.3 Å². The number of anilines is 2. The summed E-state index contributed by atoms with van der Waals surface area (Å²) in [5, 5.41) is 17.5. The molecule has 5 heterocycles. The first-order chi connectivity index (χ1) is 24.3. The first-order valence-corrected chi connectivity index (χ1v) is 18.4. The van der Waals surface area contributed by atoms with E-state index in [9.17, 15) is 26.9 Å². The van der Waals surface area contributed by atoms with Gasteiger partial charge >= 0.3 is 6.18 Å². The van der Waals surface area contributed by atoms with E-state index in [1.807, 2.05) is 29.2 Å². The molecule has 16 heteroatoms. The first-order valence-electron chi connectivity index (χ1n) is 16.9. The number of halogens is 3. The minimum Gasteiger partial charge on any atom is -0.476 e. The van der Waals surface area contributed by atoms with Crippen LogP contribution in [-0.2, 0) is 16.4 Å². The molecule has 0 aliphatic carbocycles. The zero-order chi connectivity index (χ0) is 36.3. The van der Waals surface area contributed by atoms with E-state index in [4.69, 9.17) is 9.72 Å². The summed E-state index contributed by atoms with van der Waals surface area (Å²) in [5.74, 6) is 0.604. The van der Waals surface area contributed by atoms with Crippen LogP contribution < -0.4 is 19.7 Å². The Kier molecular flexibility index (Phi) is 10.2. The third kappa shape index (κ3) is 8.10. The second-order valence-electron chi connectivity index (χ2n) is 13.7. The Morgan fingerprint density at radius 3 is 2.61 bits per heavy atom. The first kappa shape index (κ1) is 36.1. The van der Waals surface area contributed by atoms with Gasteiger partial charge in [0, 0.05) is 37.5 Å². The molecular weight excluding hydrogens is 684 g/mol. The number of rotatable bonds is 6. The van der Waals surface area contributed by atoms with Gasteiger partial charge in [-0.15, -0.1) is 5.10 Å². The van der Waals surface area contributed by atoms with Crippen LogP contribution in [0.4, 0.5) is 24.8 Å². The molecule has 0 saturated carbocycles. The van der Waals surface area contributed by atoms with Crippen LogP contribution in [0.25, 0.3) is 17.1 Å². The van der Waals surface area contributed by atoms with Crippen LogP contribution in [-0.4, -0.2) is 72.1 Å². The van der Waals surface area contributed by atoms with Gasteiger partial charge < -0.3 is 15.0 Å². The van der Waals surface area contributed by atoms with E-state index in [1.165, 1.54) is 29.2 Å². The molecule has 1 aromatic carbocycles. The minimum absolute atomic E-state index is 0.0338. The number of hydrogen-bond acceptors (Lipinski definition) is 10. The van der Waals surface area contributed by atoms with Crippen molar-refractivity contribution in [1.82, 2.24) is 30.0 Å². The van der Waals surface area contributed by atoms with Gasteiger partial charge in [0.05, 0.1) is 23.1 Å². The molecule has 4 bridgehead atoms. The Bertz CT molecular complexity index is 2000. The van der Waals surface area contributed by atoms with E-state index in [0.717, 1.165) is 51.6 Å². The quantitative estimate of drug-likeness (QED) is 0.246. The summed E-state index contributed by atoms with van der Waals surface area (Å²) in [4.78, 5) is 15.8. The lowest BCUT2D eigenvalue weighted by Gasteiger charge is -2.31. The summed E-state index contributed by atoms with van der Waals surface area (Å²) in [7, 11) is -4.25. The lowest BCUT2D eigenvalue weighted by Crippen LogP contribution is -2.39. The van der Waals surface area contributed by atoms with Crippen LogP contribution in [0.15, 0.2) is 66.0 Å². The fourth-order valence-corrected chi connectivity index (χ4v) is 7.08. The van der Waals surface area contributed by atoms with Crippen LogP contribution in [0.1, 0.15) is 51.5 Å². The van der Waals surface area contributed by atoms with Crippen molar-refractivity contribution in [3.05, 3.63) is 66.5 Å². The SMILES string of the molecule is CC(C)(COc1ccn(-c2ncc3nc2-c2ccccc2CCCCCCN(CC2(C#N)CCNC2)c2cccc(n2)S(=O)(=O)N3)n1)C(F)(F)F. The van der Waals surface area contributed by atoms with Gasteiger partial charge in [0.25, 0.3) is 10.0 Å². The summed E-state index contributed by atoms with van der Waals surface area (Å²) in [6, 6.07) is 16.3. The Hall–Kier alpha value is -4.75. The third-order valence-electron chi connectivity index (χ3n) is 9.30. The molecule has 2 aliphatic heterocycles. The van der Waals surface area contributed by atoms with Crippen molar-refractivity contribution >= 4 is 21.7 Å². The third-order valence-corrected chi connectivity index (χ3v) is 10.6. The maximum atomic E-state index is 13.8. The molecule has 1 atom stereocenters. The molecule has 12 nitrogen and oxygen atoms in total. The second-order valence-corrected chi connectivity index (χ2v) is 15.3. The highest BCUT2D eigenvalue weighted by Gasteiger charge is 2.48. The number of nitrogens with zero attached hydrogens (tertiary/aromatic N) is 7. The Morgan fingerprint density at radius 1 is 1.04 bits per heavy atom. The van der Waals surface area contributed by atoms with Crippen molar-refractivity contribution in [1.29, 1.82) is 5.26 Å². The van der Waals surface area contributed by atoms with E-state index >= 15 is 0 Å². The standard InChI is InChI=1S/C35H40F3N9O3S/c1-33(2,35(36,37)38)24-50-29-15-19-47(44-29)32-31-26-12-7-6-11-25(26)10-5-3-4-8-18-46(23-34(21-39)16-17-40-22-34)28-13-9-14-30(43-28)51(48,49)45-27(42-31)20-41-32/h6-7,9,11-15,19-20,40H,3-5,8,10,16-18,22-24H2,1-2H3,(H,42,45). The highest BCUT2D eigenvalue weighted by atomic mass is 32.2. The summed E-state index contributed by atoms with van der Waals surface area (Å²) < 4.78 is 77.2. The summed E-state index contributed by atoms with van der Waals surface area (Å²) in [6.45, 7) is 3.79. The highest BCUT2D eigenvalue weighted by Crippen LogP contribution is 2.38. The molecule has 1 unspecified atom stereocenters. The van der Waals surface area contributed by atoms with E-state index in [1.54, 1.807) is 12.1 Å². The maximum Gasteiger partial charge on any atom is 0.397 e. The van der Waals surface area contributed by atoms with Gasteiger partial charge in [0.15, 0.2) is 16.7 Å². The van der Waals surface area contributed by atoms with Crippen molar-refractivity contribution in [2.75, 3.05) is 42.4 Å². The predicted octanol–water partition coefficient (Wildman–Crippen LogP) is 5.92. The molecule has 51 heavy (non-hydrogen) atoms. The van der Waals surface area contributed by atoms with Crippen LogP contribution in [0.5, 0.6) is 5.88 Å². The molecule has 1 fully saturated rings. The monoisotopic (exact) mass is 723 g/mol. The van der Waals surface area contributed by atoms with Gasteiger partial charge in [-0.3, -0.25) is 4.72 Å². The summed E-state index contributed by atoms with van der Waals surface area (Å²) in [6.07, 6.45) is 3.24. The number of ether oxygens (including phenoxy) is 1. The molecule has 0 amide bonds. The predicted molar refractivity (Wildman–Crippen MR) is 185 cm³/mol. The molecule has 0 radical (unpaired) electrons. The largest absolute Gasteiger partial charge is 0.476 e. The lowest BCUT2D eigenvalue weighted by atomic mass is 9.88. The minimum atomic E-state index is -4.47. The van der Waals surface area contributed by atoms with E-state index in [-0.39, 0.29) is 22.5 Å². The fourth-order valence-electron chi connectivity index (χ4n) is 6.13. The summed E-state index contributed by atoms with van der Waals surface area (Å²) >= 11 is 0. The van der Waals surface area contributed by atoms with Crippen molar-refractivity contribution in [3.63, 3.8) is 0 Å². The van der Waals surface area contributed by atoms with Crippen LogP contribution in [0.3, 0.4) is 0 Å². The molecule has 0 spiro atoms. The van der Waals surface area contributed by atoms with E-state index < -0.39 is 33.6 Å². The zero-order valence-corrected chi connectivity index (χ0v) is 29.3. The van der Waals surface area contributed by atoms with E-state index in [2.05, 4.69) is 31.2 Å². The summed E-state index contributed by atoms with van der Waals surface area (Å²) in [5.41, 5.74) is -0.711. The Labute approximate surface area is 295 Å². The molecule has 2 aliphatic rings. The molecule has 4 aromatic rings. The molecule has 270 valence electrons. The number of nitrogens with one attached hydrogen (secondary N) is 2. The average molecular weight is 724 g/mol. The number of pyridine rings is 1. The molecule has 1 saturated heterocycles. The smallest absolute Gasteiger partial charge is 0.397 e.